The van der Waals surface area contributed by atoms with Crippen LogP contribution in [0.3, 0.4) is 0 Å². The van der Waals surface area contributed by atoms with Crippen LogP contribution in [0.15, 0.2) is 40.1 Å². The second-order valence-electron chi connectivity index (χ2n) is 7.54. The lowest BCUT2D eigenvalue weighted by Crippen LogP contribution is -2.45. The molecule has 1 unspecified atom stereocenters. The standard InChI is InChI=1S/C21H19F3N6O4S/c1-11-6-27-19(34-11)9-33-18-8-26-16(7-28-18)14(22)4-12-3-13(20(24)15(23)5-12)17-10-35(31,32)30(2)21(25)29-17/h3-8,17H,9-10H2,1-2H3,(H2,25,29)/b14-4-. The first-order valence-electron chi connectivity index (χ1n) is 10.1. The molecule has 1 aromatic carbocycles. The normalized spacial score (nSPS) is 17.9. The molecule has 0 spiro atoms. The highest BCUT2D eigenvalue weighted by Crippen LogP contribution is 2.30. The van der Waals surface area contributed by atoms with Gasteiger partial charge in [-0.15, -0.1) is 0 Å². The zero-order chi connectivity index (χ0) is 25.3. The number of nitrogens with zero attached hydrogens (tertiary/aromatic N) is 5. The molecule has 4 rings (SSSR count). The van der Waals surface area contributed by atoms with Gasteiger partial charge in [0.15, 0.2) is 24.1 Å². The average molecular weight is 508 g/mol. The Morgan fingerprint density at radius 1 is 1.26 bits per heavy atom. The molecule has 0 bridgehead atoms. The van der Waals surface area contributed by atoms with Gasteiger partial charge in [-0.3, -0.25) is 0 Å². The van der Waals surface area contributed by atoms with Crippen LogP contribution in [0.5, 0.6) is 5.88 Å². The summed E-state index contributed by atoms with van der Waals surface area (Å²) in [5.74, 6) is -3.47. The minimum absolute atomic E-state index is 0.00248. The van der Waals surface area contributed by atoms with Gasteiger partial charge in [-0.2, -0.15) is 0 Å². The van der Waals surface area contributed by atoms with E-state index in [1.807, 2.05) is 0 Å². The van der Waals surface area contributed by atoms with Crippen LogP contribution in [0.25, 0.3) is 11.9 Å². The third-order valence-electron chi connectivity index (χ3n) is 5.01. The van der Waals surface area contributed by atoms with Crippen molar-refractivity contribution in [2.24, 2.45) is 10.7 Å². The van der Waals surface area contributed by atoms with Gasteiger partial charge in [0.1, 0.15) is 11.5 Å². The maximum absolute atomic E-state index is 14.8. The summed E-state index contributed by atoms with van der Waals surface area (Å²) in [6, 6.07) is 0.563. The minimum atomic E-state index is -3.88. The molecule has 0 amide bonds. The molecule has 0 radical (unpaired) electrons. The van der Waals surface area contributed by atoms with Crippen LogP contribution in [0.4, 0.5) is 13.2 Å². The van der Waals surface area contributed by atoms with E-state index in [1.54, 1.807) is 6.92 Å². The summed E-state index contributed by atoms with van der Waals surface area (Å²) in [7, 11) is -2.69. The Kier molecular flexibility index (Phi) is 6.47. The van der Waals surface area contributed by atoms with Crippen molar-refractivity contribution < 1.29 is 30.7 Å². The van der Waals surface area contributed by atoms with Gasteiger partial charge in [-0.05, 0) is 30.7 Å². The van der Waals surface area contributed by atoms with Crippen LogP contribution in [0.1, 0.15) is 34.5 Å². The highest BCUT2D eigenvalue weighted by molar-refractivity contribution is 7.89. The quantitative estimate of drug-likeness (QED) is 0.537. The van der Waals surface area contributed by atoms with Crippen LogP contribution in [-0.2, 0) is 16.6 Å². The van der Waals surface area contributed by atoms with Crippen molar-refractivity contribution in [3.05, 3.63) is 70.8 Å². The van der Waals surface area contributed by atoms with E-state index < -0.39 is 39.3 Å². The van der Waals surface area contributed by atoms with Crippen LogP contribution < -0.4 is 10.5 Å². The first-order chi connectivity index (χ1) is 16.5. The largest absolute Gasteiger partial charge is 0.467 e. The Morgan fingerprint density at radius 2 is 2.03 bits per heavy atom. The van der Waals surface area contributed by atoms with Crippen molar-refractivity contribution in [2.45, 2.75) is 19.6 Å². The zero-order valence-electron chi connectivity index (χ0n) is 18.4. The fourth-order valence-electron chi connectivity index (χ4n) is 3.19. The Bertz CT molecular complexity index is 1420. The van der Waals surface area contributed by atoms with Gasteiger partial charge in [-0.1, -0.05) is 0 Å². The van der Waals surface area contributed by atoms with Gasteiger partial charge in [-0.25, -0.2) is 45.8 Å². The van der Waals surface area contributed by atoms with Gasteiger partial charge in [0.2, 0.25) is 27.8 Å². The molecule has 2 aromatic heterocycles. The zero-order valence-corrected chi connectivity index (χ0v) is 19.3. The summed E-state index contributed by atoms with van der Waals surface area (Å²) in [5.41, 5.74) is 4.96. The van der Waals surface area contributed by atoms with E-state index in [-0.39, 0.29) is 35.3 Å². The first kappa shape index (κ1) is 24.2. The average Bonchev–Trinajstić information content (AvgIpc) is 3.23. The molecule has 1 aliphatic rings. The Morgan fingerprint density at radius 3 is 2.66 bits per heavy atom. The van der Waals surface area contributed by atoms with Crippen LogP contribution in [0.2, 0.25) is 0 Å². The van der Waals surface area contributed by atoms with Crippen molar-refractivity contribution in [3.8, 4) is 5.88 Å². The highest BCUT2D eigenvalue weighted by Gasteiger charge is 2.33. The smallest absolute Gasteiger partial charge is 0.239 e. The number of hydrogen-bond acceptors (Lipinski definition) is 9. The van der Waals surface area contributed by atoms with Gasteiger partial charge in [0.25, 0.3) is 0 Å². The number of hydrogen-bond donors (Lipinski definition) is 1. The maximum atomic E-state index is 14.8. The second kappa shape index (κ2) is 9.37. The van der Waals surface area contributed by atoms with E-state index in [2.05, 4.69) is 19.9 Å². The molecular weight excluding hydrogens is 489 g/mol. The molecule has 10 nitrogen and oxygen atoms in total. The van der Waals surface area contributed by atoms with E-state index >= 15 is 0 Å². The van der Waals surface area contributed by atoms with Crippen molar-refractivity contribution in [1.82, 2.24) is 19.3 Å². The van der Waals surface area contributed by atoms with Crippen molar-refractivity contribution in [2.75, 3.05) is 12.8 Å². The number of sulfonamides is 1. The number of ether oxygens (including phenoxy) is 1. The Hall–Kier alpha value is -3.94. The fraction of sp³-hybridized carbons (Fsp3) is 0.238. The number of oxazole rings is 1. The molecule has 2 N–H and O–H groups in total. The topological polar surface area (TPSA) is 137 Å². The lowest BCUT2D eigenvalue weighted by atomic mass is 10.0. The molecule has 3 aromatic rings. The summed E-state index contributed by atoms with van der Waals surface area (Å²) in [6.07, 6.45) is 4.71. The number of benzene rings is 1. The number of halogens is 3. The van der Waals surface area contributed by atoms with E-state index in [0.29, 0.717) is 11.7 Å². The van der Waals surface area contributed by atoms with Crippen LogP contribution >= 0.6 is 0 Å². The number of aromatic nitrogens is 3. The third-order valence-corrected chi connectivity index (χ3v) is 6.77. The molecule has 184 valence electrons. The SMILES string of the molecule is Cc1cnc(COc2cnc(/C(F)=C/c3cc(F)c(F)c(C4CS(=O)(=O)N(C)C(N)=N4)c3)cn2)o1. The van der Waals surface area contributed by atoms with Gasteiger partial charge in [0.05, 0.1) is 30.4 Å². The lowest BCUT2D eigenvalue weighted by molar-refractivity contribution is 0.250. The van der Waals surface area contributed by atoms with Crippen LogP contribution in [-0.4, -0.2) is 46.4 Å². The molecule has 14 heteroatoms. The van der Waals surface area contributed by atoms with Gasteiger partial charge < -0.3 is 14.9 Å². The molecule has 1 atom stereocenters. The second-order valence-corrected chi connectivity index (χ2v) is 9.59. The van der Waals surface area contributed by atoms with E-state index in [4.69, 9.17) is 14.9 Å². The number of aliphatic imine (C=N–C) groups is 1. The summed E-state index contributed by atoms with van der Waals surface area (Å²) in [5, 5.41) is 0. The van der Waals surface area contributed by atoms with Gasteiger partial charge >= 0.3 is 0 Å². The summed E-state index contributed by atoms with van der Waals surface area (Å²) >= 11 is 0. The number of rotatable bonds is 6. The molecule has 0 saturated heterocycles. The summed E-state index contributed by atoms with van der Waals surface area (Å²) in [6.45, 7) is 1.73. The first-order valence-corrected chi connectivity index (χ1v) is 11.7. The van der Waals surface area contributed by atoms with Crippen molar-refractivity contribution in [3.63, 3.8) is 0 Å². The van der Waals surface area contributed by atoms with E-state index in [1.165, 1.54) is 19.4 Å². The summed E-state index contributed by atoms with van der Waals surface area (Å²) < 4.78 is 79.4. The molecule has 0 saturated carbocycles. The Balaban J connectivity index is 1.56. The predicted octanol–water partition coefficient (Wildman–Crippen LogP) is 2.73. The van der Waals surface area contributed by atoms with Crippen molar-refractivity contribution in [1.29, 1.82) is 0 Å². The van der Waals surface area contributed by atoms with Crippen LogP contribution in [0, 0.1) is 18.6 Å². The van der Waals surface area contributed by atoms with E-state index in [0.717, 1.165) is 28.7 Å². The predicted molar refractivity (Wildman–Crippen MR) is 119 cm³/mol. The summed E-state index contributed by atoms with van der Waals surface area (Å²) in [4.78, 5) is 15.8. The van der Waals surface area contributed by atoms with E-state index in [9.17, 15) is 21.6 Å². The molecule has 3 heterocycles. The third kappa shape index (κ3) is 5.26. The minimum Gasteiger partial charge on any atom is -0.467 e. The number of aryl methyl sites for hydroxylation is 1. The highest BCUT2D eigenvalue weighted by atomic mass is 32.2. The van der Waals surface area contributed by atoms with Crippen molar-refractivity contribution >= 4 is 27.9 Å². The number of nitrogens with two attached hydrogens (primary N) is 1. The number of guanidine groups is 1. The molecule has 35 heavy (non-hydrogen) atoms. The van der Waals surface area contributed by atoms with Gasteiger partial charge in [0, 0.05) is 12.6 Å². The monoisotopic (exact) mass is 508 g/mol. The molecule has 1 aliphatic heterocycles. The maximum Gasteiger partial charge on any atom is 0.239 e. The lowest BCUT2D eigenvalue weighted by Gasteiger charge is -2.27. The molecule has 0 fully saturated rings. The molecular formula is C21H19F3N6O4S. The Labute approximate surface area is 198 Å². The molecule has 0 aliphatic carbocycles. The fourth-order valence-corrected chi connectivity index (χ4v) is 4.40.